The largest absolute Gasteiger partial charge is 0.497 e. The van der Waals surface area contributed by atoms with Gasteiger partial charge in [0.1, 0.15) is 10.8 Å². The second kappa shape index (κ2) is 5.69. The van der Waals surface area contributed by atoms with Crippen LogP contribution in [-0.4, -0.2) is 34.8 Å². The van der Waals surface area contributed by atoms with Crippen molar-refractivity contribution in [2.45, 2.75) is 19.9 Å². The van der Waals surface area contributed by atoms with Crippen molar-refractivity contribution in [3.63, 3.8) is 0 Å². The van der Waals surface area contributed by atoms with E-state index >= 15 is 0 Å². The van der Waals surface area contributed by atoms with Gasteiger partial charge in [-0.25, -0.2) is 4.79 Å². The fraction of sp³-hybridized carbons (Fsp3) is 0.357. The molecule has 1 N–H and O–H groups in total. The number of ether oxygens (including phenoxy) is 1. The maximum absolute atomic E-state index is 12.3. The normalized spacial score (nSPS) is 13.7. The number of rotatable bonds is 2. The third-order valence-electron chi connectivity index (χ3n) is 3.45. The molecular weight excluding hydrogens is 288 g/mol. The number of nitrogens with one attached hydrogen (secondary N) is 1. The quantitative estimate of drug-likeness (QED) is 0.925. The van der Waals surface area contributed by atoms with Crippen LogP contribution in [0, 0.1) is 6.92 Å². The summed E-state index contributed by atoms with van der Waals surface area (Å²) >= 11 is 1.37. The number of hydrogen-bond acceptors (Lipinski definition) is 5. The molecule has 2 heterocycles. The van der Waals surface area contributed by atoms with Crippen molar-refractivity contribution in [3.05, 3.63) is 34.3 Å². The van der Waals surface area contributed by atoms with Crippen molar-refractivity contribution in [2.24, 2.45) is 0 Å². The molecule has 0 spiro atoms. The molecule has 110 valence electrons. The Bertz CT molecular complexity index is 671. The van der Waals surface area contributed by atoms with E-state index in [0.29, 0.717) is 18.2 Å². The van der Waals surface area contributed by atoms with Gasteiger partial charge in [0.15, 0.2) is 0 Å². The summed E-state index contributed by atoms with van der Waals surface area (Å²) in [6.07, 6.45) is 0.849. The van der Waals surface area contributed by atoms with Crippen molar-refractivity contribution < 1.29 is 9.53 Å². The van der Waals surface area contributed by atoms with Gasteiger partial charge in [-0.05, 0) is 36.6 Å². The highest BCUT2D eigenvalue weighted by Crippen LogP contribution is 2.24. The van der Waals surface area contributed by atoms with Gasteiger partial charge >= 0.3 is 6.03 Å². The van der Waals surface area contributed by atoms with E-state index in [0.717, 1.165) is 22.7 Å². The maximum Gasteiger partial charge on any atom is 0.324 e. The van der Waals surface area contributed by atoms with Crippen LogP contribution in [0.3, 0.4) is 0 Å². The lowest BCUT2D eigenvalue weighted by molar-refractivity contribution is 0.206. The van der Waals surface area contributed by atoms with Gasteiger partial charge in [0.05, 0.1) is 7.11 Å². The minimum Gasteiger partial charge on any atom is -0.497 e. The van der Waals surface area contributed by atoms with Crippen molar-refractivity contribution >= 4 is 22.5 Å². The van der Waals surface area contributed by atoms with Crippen LogP contribution in [0.4, 0.5) is 9.93 Å². The second-order valence-electron chi connectivity index (χ2n) is 4.86. The zero-order valence-corrected chi connectivity index (χ0v) is 12.7. The van der Waals surface area contributed by atoms with Crippen LogP contribution >= 0.6 is 11.3 Å². The molecule has 1 aliphatic heterocycles. The molecule has 1 aliphatic rings. The van der Waals surface area contributed by atoms with Crippen LogP contribution in [0.15, 0.2) is 18.2 Å². The Morgan fingerprint density at radius 2 is 2.24 bits per heavy atom. The van der Waals surface area contributed by atoms with E-state index in [4.69, 9.17) is 4.74 Å². The van der Waals surface area contributed by atoms with Crippen molar-refractivity contribution in [1.82, 2.24) is 15.1 Å². The standard InChI is InChI=1S/C14H16N4O2S/c1-9-16-17-13(21-9)15-14(19)18-6-5-10-3-4-12(20-2)7-11(10)8-18/h3-4,7H,5-6,8H2,1-2H3,(H,15,17,19). The number of fused-ring (bicyclic) bond motifs is 1. The minimum absolute atomic E-state index is 0.139. The molecule has 0 saturated carbocycles. The lowest BCUT2D eigenvalue weighted by atomic mass is 10.00. The summed E-state index contributed by atoms with van der Waals surface area (Å²) in [6.45, 7) is 3.13. The van der Waals surface area contributed by atoms with E-state index in [1.54, 1.807) is 12.0 Å². The molecule has 0 bridgehead atoms. The van der Waals surface area contributed by atoms with E-state index in [-0.39, 0.29) is 6.03 Å². The van der Waals surface area contributed by atoms with E-state index in [1.165, 1.54) is 16.9 Å². The summed E-state index contributed by atoms with van der Waals surface area (Å²) in [5.41, 5.74) is 2.40. The van der Waals surface area contributed by atoms with Crippen molar-refractivity contribution in [3.8, 4) is 5.75 Å². The van der Waals surface area contributed by atoms with Crippen LogP contribution in [0.25, 0.3) is 0 Å². The molecular formula is C14H16N4O2S. The minimum atomic E-state index is -0.139. The molecule has 7 heteroatoms. The van der Waals surface area contributed by atoms with Crippen LogP contribution in [0.1, 0.15) is 16.1 Å². The highest BCUT2D eigenvalue weighted by molar-refractivity contribution is 7.15. The second-order valence-corrected chi connectivity index (χ2v) is 6.04. The molecule has 0 radical (unpaired) electrons. The lowest BCUT2D eigenvalue weighted by Gasteiger charge is -2.28. The van der Waals surface area contributed by atoms with Crippen LogP contribution in [0.5, 0.6) is 5.75 Å². The molecule has 2 aromatic rings. The number of anilines is 1. The van der Waals surface area contributed by atoms with Gasteiger partial charge in [-0.15, -0.1) is 10.2 Å². The number of benzene rings is 1. The predicted molar refractivity (Wildman–Crippen MR) is 80.8 cm³/mol. The van der Waals surface area contributed by atoms with Gasteiger partial charge in [0.25, 0.3) is 0 Å². The third kappa shape index (κ3) is 2.97. The average molecular weight is 304 g/mol. The van der Waals surface area contributed by atoms with Crippen molar-refractivity contribution in [1.29, 1.82) is 0 Å². The Kier molecular flexibility index (Phi) is 3.74. The fourth-order valence-electron chi connectivity index (χ4n) is 2.35. The summed E-state index contributed by atoms with van der Waals surface area (Å²) < 4.78 is 5.24. The highest BCUT2D eigenvalue weighted by atomic mass is 32.1. The lowest BCUT2D eigenvalue weighted by Crippen LogP contribution is -2.38. The molecule has 0 unspecified atom stereocenters. The number of nitrogens with zero attached hydrogens (tertiary/aromatic N) is 3. The number of urea groups is 1. The Hall–Kier alpha value is -2.15. The molecule has 1 aromatic heterocycles. The molecule has 0 saturated heterocycles. The smallest absolute Gasteiger partial charge is 0.324 e. The van der Waals surface area contributed by atoms with E-state index in [2.05, 4.69) is 21.6 Å². The number of carbonyl (C=O) groups is 1. The van der Waals surface area contributed by atoms with Crippen molar-refractivity contribution in [2.75, 3.05) is 19.0 Å². The van der Waals surface area contributed by atoms with Crippen LogP contribution in [-0.2, 0) is 13.0 Å². The summed E-state index contributed by atoms with van der Waals surface area (Å²) in [6, 6.07) is 5.87. The Morgan fingerprint density at radius 1 is 1.38 bits per heavy atom. The van der Waals surface area contributed by atoms with Gasteiger partial charge < -0.3 is 9.64 Å². The topological polar surface area (TPSA) is 67.3 Å². The molecule has 6 nitrogen and oxygen atoms in total. The number of aromatic nitrogens is 2. The first kappa shape index (κ1) is 13.8. The number of carbonyl (C=O) groups excluding carboxylic acids is 1. The number of aryl methyl sites for hydroxylation is 1. The molecule has 21 heavy (non-hydrogen) atoms. The summed E-state index contributed by atoms with van der Waals surface area (Å²) in [7, 11) is 1.65. The van der Waals surface area contributed by atoms with Gasteiger partial charge in [0, 0.05) is 13.1 Å². The fourth-order valence-corrected chi connectivity index (χ4v) is 2.93. The summed E-state index contributed by atoms with van der Waals surface area (Å²) in [5.74, 6) is 0.816. The average Bonchev–Trinajstić information content (AvgIpc) is 2.91. The molecule has 0 aliphatic carbocycles. The van der Waals surface area contributed by atoms with E-state index in [1.807, 2.05) is 19.1 Å². The Labute approximate surface area is 126 Å². The number of hydrogen-bond donors (Lipinski definition) is 1. The molecule has 0 atom stereocenters. The van der Waals surface area contributed by atoms with Gasteiger partial charge in [-0.3, -0.25) is 5.32 Å². The zero-order valence-electron chi connectivity index (χ0n) is 11.9. The highest BCUT2D eigenvalue weighted by Gasteiger charge is 2.21. The third-order valence-corrected chi connectivity index (χ3v) is 4.21. The summed E-state index contributed by atoms with van der Waals surface area (Å²) in [4.78, 5) is 14.0. The predicted octanol–water partition coefficient (Wildman–Crippen LogP) is 2.45. The zero-order chi connectivity index (χ0) is 14.8. The van der Waals surface area contributed by atoms with Gasteiger partial charge in [-0.1, -0.05) is 17.4 Å². The van der Waals surface area contributed by atoms with Gasteiger partial charge in [-0.2, -0.15) is 0 Å². The Morgan fingerprint density at radius 3 is 2.95 bits per heavy atom. The SMILES string of the molecule is COc1ccc2c(c1)CN(C(=O)Nc1nnc(C)s1)CC2. The van der Waals surface area contributed by atoms with E-state index in [9.17, 15) is 4.79 Å². The van der Waals surface area contributed by atoms with Crippen LogP contribution in [0.2, 0.25) is 0 Å². The monoisotopic (exact) mass is 304 g/mol. The Balaban J connectivity index is 1.71. The molecule has 1 aromatic carbocycles. The maximum atomic E-state index is 12.3. The first-order chi connectivity index (χ1) is 10.2. The van der Waals surface area contributed by atoms with E-state index < -0.39 is 0 Å². The molecule has 2 amide bonds. The number of methoxy groups -OCH3 is 1. The first-order valence-electron chi connectivity index (χ1n) is 6.67. The van der Waals surface area contributed by atoms with Gasteiger partial charge in [0.2, 0.25) is 5.13 Å². The molecule has 0 fully saturated rings. The first-order valence-corrected chi connectivity index (χ1v) is 7.49. The number of amides is 2. The molecule has 3 rings (SSSR count). The van der Waals surface area contributed by atoms with Crippen LogP contribution < -0.4 is 10.1 Å². The summed E-state index contributed by atoms with van der Waals surface area (Å²) in [5, 5.41) is 12.0.